The average molecular weight is 410 g/mol. The van der Waals surface area contributed by atoms with Crippen LogP contribution in [0.4, 0.5) is 10.1 Å². The van der Waals surface area contributed by atoms with Gasteiger partial charge in [0.1, 0.15) is 5.82 Å². The highest BCUT2D eigenvalue weighted by Crippen LogP contribution is 2.19. The first-order valence-electron chi connectivity index (χ1n) is 10.2. The number of hydrogen-bond acceptors (Lipinski definition) is 2. The predicted molar refractivity (Wildman–Crippen MR) is 120 cm³/mol. The van der Waals surface area contributed by atoms with Crippen LogP contribution in [0.2, 0.25) is 0 Å². The van der Waals surface area contributed by atoms with E-state index in [4.69, 9.17) is 0 Å². The van der Waals surface area contributed by atoms with Crippen LogP contribution in [0.15, 0.2) is 53.7 Å². The van der Waals surface area contributed by atoms with Crippen molar-refractivity contribution in [3.63, 3.8) is 0 Å². The fourth-order valence-corrected chi connectivity index (χ4v) is 3.28. The summed E-state index contributed by atoms with van der Waals surface area (Å²) in [5.41, 5.74) is 3.92. The summed E-state index contributed by atoms with van der Waals surface area (Å²) in [5, 5.41) is 10.4. The maximum absolute atomic E-state index is 13.3. The molecule has 1 aromatic heterocycles. The number of nitrogens with one attached hydrogen (secondary N) is 4. The quantitative estimate of drug-likeness (QED) is 0.339. The fraction of sp³-hybridized carbons (Fsp3) is 0.304. The second-order valence-electron chi connectivity index (χ2n) is 7.07. The number of carbonyl (C=O) groups excluding carboxylic acids is 1. The molecule has 0 fully saturated rings. The van der Waals surface area contributed by atoms with Crippen molar-refractivity contribution in [2.75, 3.05) is 25.0 Å². The van der Waals surface area contributed by atoms with Gasteiger partial charge in [0.15, 0.2) is 5.96 Å². The molecule has 0 bridgehead atoms. The summed E-state index contributed by atoms with van der Waals surface area (Å²) in [6.45, 7) is 5.69. The van der Waals surface area contributed by atoms with Gasteiger partial charge in [0.2, 0.25) is 5.91 Å². The van der Waals surface area contributed by atoms with E-state index in [9.17, 15) is 9.18 Å². The summed E-state index contributed by atoms with van der Waals surface area (Å²) in [6, 6.07) is 12.6. The Bertz CT molecular complexity index is 1010. The minimum absolute atomic E-state index is 0.0734. The second kappa shape index (κ2) is 10.4. The number of halogens is 1. The minimum atomic E-state index is -0.239. The molecular weight excluding hydrogens is 381 g/mol. The zero-order valence-corrected chi connectivity index (χ0v) is 17.4. The zero-order chi connectivity index (χ0) is 21.3. The normalized spacial score (nSPS) is 11.5. The molecule has 0 radical (unpaired) electrons. The number of rotatable bonds is 8. The van der Waals surface area contributed by atoms with E-state index in [1.165, 1.54) is 24.6 Å². The van der Waals surface area contributed by atoms with Crippen molar-refractivity contribution < 1.29 is 9.18 Å². The van der Waals surface area contributed by atoms with Gasteiger partial charge in [0.25, 0.3) is 0 Å². The van der Waals surface area contributed by atoms with Crippen molar-refractivity contribution in [1.82, 2.24) is 15.6 Å². The Labute approximate surface area is 176 Å². The summed E-state index contributed by atoms with van der Waals surface area (Å²) < 4.78 is 13.3. The number of nitrogens with zero attached hydrogens (tertiary/aromatic N) is 1. The molecular formula is C23H28FN5O. The van der Waals surface area contributed by atoms with Gasteiger partial charge in [-0.2, -0.15) is 0 Å². The number of amides is 1. The molecule has 158 valence electrons. The maximum atomic E-state index is 13.3. The third kappa shape index (κ3) is 6.07. The highest BCUT2D eigenvalue weighted by Gasteiger charge is 2.05. The number of anilines is 1. The molecule has 0 aliphatic heterocycles. The van der Waals surface area contributed by atoms with E-state index >= 15 is 0 Å². The van der Waals surface area contributed by atoms with Crippen molar-refractivity contribution in [2.24, 2.45) is 4.99 Å². The van der Waals surface area contributed by atoms with Crippen molar-refractivity contribution in [2.45, 2.75) is 26.7 Å². The lowest BCUT2D eigenvalue weighted by atomic mass is 10.1. The molecule has 0 saturated carbocycles. The van der Waals surface area contributed by atoms with Crippen molar-refractivity contribution >= 4 is 28.5 Å². The molecule has 0 aliphatic rings. The molecule has 1 amide bonds. The van der Waals surface area contributed by atoms with Crippen molar-refractivity contribution in [3.05, 3.63) is 65.6 Å². The number of benzene rings is 2. The van der Waals surface area contributed by atoms with E-state index in [2.05, 4.69) is 25.9 Å². The van der Waals surface area contributed by atoms with Gasteiger partial charge in [0, 0.05) is 49.3 Å². The van der Waals surface area contributed by atoms with E-state index in [0.29, 0.717) is 6.54 Å². The van der Waals surface area contributed by atoms with Gasteiger partial charge in [0.05, 0.1) is 0 Å². The van der Waals surface area contributed by atoms with Crippen LogP contribution in [0.25, 0.3) is 10.9 Å². The van der Waals surface area contributed by atoms with Gasteiger partial charge in [-0.15, -0.1) is 0 Å². The van der Waals surface area contributed by atoms with Gasteiger partial charge in [-0.05, 0) is 61.2 Å². The largest absolute Gasteiger partial charge is 0.361 e. The summed E-state index contributed by atoms with van der Waals surface area (Å²) in [5.74, 6) is 0.464. The Balaban J connectivity index is 1.51. The molecule has 3 rings (SSSR count). The van der Waals surface area contributed by atoms with Gasteiger partial charge in [-0.1, -0.05) is 12.1 Å². The van der Waals surface area contributed by atoms with Gasteiger partial charge in [-0.25, -0.2) is 4.39 Å². The number of aromatic amines is 1. The van der Waals surface area contributed by atoms with E-state index in [1.807, 2.05) is 37.4 Å². The number of hydrogen-bond donors (Lipinski definition) is 4. The Morgan fingerprint density at radius 2 is 1.90 bits per heavy atom. The molecule has 0 aliphatic carbocycles. The van der Waals surface area contributed by atoms with Crippen LogP contribution in [0.5, 0.6) is 0 Å². The summed E-state index contributed by atoms with van der Waals surface area (Å²) in [6.07, 6.45) is 3.54. The minimum Gasteiger partial charge on any atom is -0.361 e. The molecule has 7 heteroatoms. The van der Waals surface area contributed by atoms with E-state index in [0.717, 1.165) is 54.0 Å². The lowest BCUT2D eigenvalue weighted by Gasteiger charge is -2.11. The highest BCUT2D eigenvalue weighted by atomic mass is 19.1. The predicted octanol–water partition coefficient (Wildman–Crippen LogP) is 3.61. The van der Waals surface area contributed by atoms with E-state index in [-0.39, 0.29) is 11.7 Å². The third-order valence-electron chi connectivity index (χ3n) is 4.71. The molecule has 0 atom stereocenters. The highest BCUT2D eigenvalue weighted by molar-refractivity contribution is 5.88. The van der Waals surface area contributed by atoms with E-state index < -0.39 is 0 Å². The van der Waals surface area contributed by atoms with Crippen LogP contribution in [0.3, 0.4) is 0 Å². The summed E-state index contributed by atoms with van der Waals surface area (Å²) >= 11 is 0. The van der Waals surface area contributed by atoms with E-state index in [1.54, 1.807) is 6.07 Å². The molecule has 2 aromatic carbocycles. The number of aromatic nitrogens is 1. The Hall–Kier alpha value is -3.35. The molecule has 30 heavy (non-hydrogen) atoms. The van der Waals surface area contributed by atoms with Gasteiger partial charge >= 0.3 is 0 Å². The van der Waals surface area contributed by atoms with Crippen LogP contribution in [0, 0.1) is 5.82 Å². The fourth-order valence-electron chi connectivity index (χ4n) is 3.28. The summed E-state index contributed by atoms with van der Waals surface area (Å²) in [4.78, 5) is 18.9. The molecule has 4 N–H and O–H groups in total. The Morgan fingerprint density at radius 3 is 2.63 bits per heavy atom. The van der Waals surface area contributed by atoms with Gasteiger partial charge in [-0.3, -0.25) is 9.79 Å². The SMILES string of the molecule is CCNC(=NCCc1c[nH]c2cc(F)ccc12)NCCc1ccc(NC(C)=O)cc1. The molecule has 3 aromatic rings. The Morgan fingerprint density at radius 1 is 1.10 bits per heavy atom. The first-order chi connectivity index (χ1) is 14.5. The average Bonchev–Trinajstić information content (AvgIpc) is 3.11. The molecule has 0 spiro atoms. The van der Waals surface area contributed by atoms with Crippen LogP contribution >= 0.6 is 0 Å². The van der Waals surface area contributed by atoms with Crippen LogP contribution < -0.4 is 16.0 Å². The van der Waals surface area contributed by atoms with Crippen molar-refractivity contribution in [1.29, 1.82) is 0 Å². The summed E-state index contributed by atoms with van der Waals surface area (Å²) in [7, 11) is 0. The Kier molecular flexibility index (Phi) is 7.43. The second-order valence-corrected chi connectivity index (χ2v) is 7.07. The standard InChI is InChI=1S/C23H28FN5O/c1-3-25-23(26-12-10-17-4-7-20(8-5-17)29-16(2)30)27-13-11-18-15-28-22-14-19(24)6-9-21(18)22/h4-9,14-15,28H,3,10-13H2,1-2H3,(H,29,30)(H2,25,26,27). The van der Waals surface area contributed by atoms with Crippen LogP contribution in [-0.2, 0) is 17.6 Å². The number of aliphatic imine (C=N–C) groups is 1. The number of guanidine groups is 1. The maximum Gasteiger partial charge on any atom is 0.221 e. The molecule has 1 heterocycles. The molecule has 6 nitrogen and oxygen atoms in total. The van der Waals surface area contributed by atoms with Crippen molar-refractivity contribution in [3.8, 4) is 0 Å². The number of carbonyl (C=O) groups is 1. The molecule has 0 saturated heterocycles. The lowest BCUT2D eigenvalue weighted by molar-refractivity contribution is -0.114. The van der Waals surface area contributed by atoms with Crippen LogP contribution in [0.1, 0.15) is 25.0 Å². The molecule has 0 unspecified atom stereocenters. The number of fused-ring (bicyclic) bond motifs is 1. The first kappa shape index (κ1) is 21.4. The lowest BCUT2D eigenvalue weighted by Crippen LogP contribution is -2.38. The monoisotopic (exact) mass is 409 g/mol. The first-order valence-corrected chi connectivity index (χ1v) is 10.2. The zero-order valence-electron chi connectivity index (χ0n) is 17.4. The van der Waals surface area contributed by atoms with Crippen LogP contribution in [-0.4, -0.2) is 36.5 Å². The third-order valence-corrected chi connectivity index (χ3v) is 4.71. The van der Waals surface area contributed by atoms with Gasteiger partial charge < -0.3 is 20.9 Å². The number of H-pyrrole nitrogens is 1. The topological polar surface area (TPSA) is 81.3 Å². The smallest absolute Gasteiger partial charge is 0.221 e.